The molecule has 1 aliphatic rings. The van der Waals surface area contributed by atoms with Crippen molar-refractivity contribution >= 4 is 11.7 Å². The van der Waals surface area contributed by atoms with E-state index in [2.05, 4.69) is 0 Å². The van der Waals surface area contributed by atoms with E-state index in [1.54, 1.807) is 22.8 Å². The molecule has 0 spiro atoms. The lowest BCUT2D eigenvalue weighted by Gasteiger charge is -2.17. The summed E-state index contributed by atoms with van der Waals surface area (Å²) in [5.74, 6) is -0.0730. The van der Waals surface area contributed by atoms with Gasteiger partial charge >= 0.3 is 5.97 Å². The Morgan fingerprint density at radius 2 is 1.75 bits per heavy atom. The second-order valence-corrected chi connectivity index (χ2v) is 6.59. The van der Waals surface area contributed by atoms with E-state index in [0.717, 1.165) is 11.3 Å². The zero-order valence-corrected chi connectivity index (χ0v) is 15.4. The molecule has 0 aliphatic carbocycles. The molecule has 0 unspecified atom stereocenters. The summed E-state index contributed by atoms with van der Waals surface area (Å²) in [7, 11) is 3.89. The number of carboxylic acid groups (broad SMARTS) is 1. The Labute approximate surface area is 161 Å². The van der Waals surface area contributed by atoms with Crippen LogP contribution in [0.15, 0.2) is 59.5 Å². The maximum Gasteiger partial charge on any atom is 0.341 e. The molecule has 1 N–H and O–H groups in total. The number of nitrogens with zero attached hydrogens (tertiary/aromatic N) is 2. The highest BCUT2D eigenvalue weighted by molar-refractivity contribution is 5.88. The molecule has 2 heterocycles. The fourth-order valence-corrected chi connectivity index (χ4v) is 3.10. The molecule has 0 fully saturated rings. The Bertz CT molecular complexity index is 1120. The van der Waals surface area contributed by atoms with Gasteiger partial charge < -0.3 is 24.0 Å². The van der Waals surface area contributed by atoms with Crippen LogP contribution in [-0.4, -0.2) is 36.5 Å². The molecular formula is C21H18N2O5. The molecule has 4 rings (SSSR count). The predicted molar refractivity (Wildman–Crippen MR) is 105 cm³/mol. The molecule has 7 nitrogen and oxygen atoms in total. The van der Waals surface area contributed by atoms with Crippen LogP contribution in [0.25, 0.3) is 16.9 Å². The van der Waals surface area contributed by atoms with Crippen LogP contribution in [0, 0.1) is 0 Å². The number of ether oxygens (including phenoxy) is 2. The number of pyridine rings is 1. The van der Waals surface area contributed by atoms with Crippen molar-refractivity contribution in [1.82, 2.24) is 4.57 Å². The summed E-state index contributed by atoms with van der Waals surface area (Å²) in [5.41, 5.74) is 2.21. The van der Waals surface area contributed by atoms with Crippen molar-refractivity contribution in [2.24, 2.45) is 0 Å². The van der Waals surface area contributed by atoms with Crippen molar-refractivity contribution in [2.45, 2.75) is 0 Å². The third-order valence-corrected chi connectivity index (χ3v) is 4.60. The van der Waals surface area contributed by atoms with Crippen molar-refractivity contribution in [3.8, 4) is 28.4 Å². The minimum Gasteiger partial charge on any atom is -0.477 e. The number of benzene rings is 2. The van der Waals surface area contributed by atoms with Crippen molar-refractivity contribution in [3.63, 3.8) is 0 Å². The molecule has 1 aliphatic heterocycles. The van der Waals surface area contributed by atoms with E-state index < -0.39 is 11.4 Å². The highest BCUT2D eigenvalue weighted by Crippen LogP contribution is 2.35. The Morgan fingerprint density at radius 1 is 1.04 bits per heavy atom. The van der Waals surface area contributed by atoms with Gasteiger partial charge in [-0.15, -0.1) is 0 Å². The SMILES string of the molecule is CN(C)c1ccc(-c2cc(=O)c(C(=O)O)cn2-c2ccc3c(c2)OCO3)cc1. The van der Waals surface area contributed by atoms with Crippen LogP contribution in [0.4, 0.5) is 5.69 Å². The molecule has 0 amide bonds. The molecule has 0 radical (unpaired) electrons. The van der Waals surface area contributed by atoms with Gasteiger partial charge in [0.05, 0.1) is 5.69 Å². The van der Waals surface area contributed by atoms with Crippen molar-refractivity contribution < 1.29 is 19.4 Å². The van der Waals surface area contributed by atoms with Gasteiger partial charge in [-0.1, -0.05) is 12.1 Å². The number of carbonyl (C=O) groups is 1. The van der Waals surface area contributed by atoms with Crippen molar-refractivity contribution in [2.75, 3.05) is 25.8 Å². The van der Waals surface area contributed by atoms with Crippen LogP contribution < -0.4 is 19.8 Å². The lowest BCUT2D eigenvalue weighted by atomic mass is 10.1. The van der Waals surface area contributed by atoms with Crippen LogP contribution in [-0.2, 0) is 0 Å². The van der Waals surface area contributed by atoms with Crippen molar-refractivity contribution in [1.29, 1.82) is 0 Å². The fourth-order valence-electron chi connectivity index (χ4n) is 3.10. The lowest BCUT2D eigenvalue weighted by molar-refractivity contribution is 0.0695. The van der Waals surface area contributed by atoms with Gasteiger partial charge in [0.15, 0.2) is 16.9 Å². The number of fused-ring (bicyclic) bond motifs is 1. The number of rotatable bonds is 4. The van der Waals surface area contributed by atoms with Crippen molar-refractivity contribution in [3.05, 3.63) is 70.5 Å². The third kappa shape index (κ3) is 3.07. The van der Waals surface area contributed by atoms with Gasteiger partial charge in [0.2, 0.25) is 6.79 Å². The van der Waals surface area contributed by atoms with E-state index in [1.807, 2.05) is 43.3 Å². The summed E-state index contributed by atoms with van der Waals surface area (Å²) in [4.78, 5) is 25.8. The van der Waals surface area contributed by atoms with E-state index in [9.17, 15) is 14.7 Å². The minimum atomic E-state index is -1.27. The van der Waals surface area contributed by atoms with Gasteiger partial charge in [0.25, 0.3) is 0 Å². The fraction of sp³-hybridized carbons (Fsp3) is 0.143. The lowest BCUT2D eigenvalue weighted by Crippen LogP contribution is -2.18. The van der Waals surface area contributed by atoms with E-state index in [0.29, 0.717) is 22.9 Å². The Hall–Kier alpha value is -3.74. The highest BCUT2D eigenvalue weighted by Gasteiger charge is 2.18. The third-order valence-electron chi connectivity index (χ3n) is 4.60. The topological polar surface area (TPSA) is 81.0 Å². The number of hydrogen-bond acceptors (Lipinski definition) is 5. The molecule has 3 aromatic rings. The molecule has 0 atom stereocenters. The van der Waals surface area contributed by atoms with Crippen LogP contribution in [0.2, 0.25) is 0 Å². The molecule has 2 aromatic carbocycles. The summed E-state index contributed by atoms with van der Waals surface area (Å²) in [6, 6.07) is 14.3. The minimum absolute atomic E-state index is 0.141. The average molecular weight is 378 g/mol. The summed E-state index contributed by atoms with van der Waals surface area (Å²) < 4.78 is 12.4. The molecule has 7 heteroatoms. The number of anilines is 1. The summed E-state index contributed by atoms with van der Waals surface area (Å²) in [6.07, 6.45) is 1.34. The molecule has 1 aromatic heterocycles. The second-order valence-electron chi connectivity index (χ2n) is 6.59. The average Bonchev–Trinajstić information content (AvgIpc) is 3.15. The molecule has 0 saturated carbocycles. The molecule has 0 bridgehead atoms. The molecular weight excluding hydrogens is 360 g/mol. The molecule has 28 heavy (non-hydrogen) atoms. The Morgan fingerprint density at radius 3 is 2.43 bits per heavy atom. The summed E-state index contributed by atoms with van der Waals surface area (Å²) in [5, 5.41) is 9.39. The number of aromatic carboxylic acids is 1. The first-order valence-electron chi connectivity index (χ1n) is 8.62. The quantitative estimate of drug-likeness (QED) is 0.752. The van der Waals surface area contributed by atoms with E-state index >= 15 is 0 Å². The van der Waals surface area contributed by atoms with E-state index in [1.165, 1.54) is 12.3 Å². The monoisotopic (exact) mass is 378 g/mol. The highest BCUT2D eigenvalue weighted by atomic mass is 16.7. The first kappa shape index (κ1) is 17.7. The van der Waals surface area contributed by atoms with E-state index in [-0.39, 0.29) is 12.4 Å². The largest absolute Gasteiger partial charge is 0.477 e. The zero-order valence-electron chi connectivity index (χ0n) is 15.4. The molecule has 142 valence electrons. The van der Waals surface area contributed by atoms with Gasteiger partial charge in [-0.25, -0.2) is 4.79 Å². The van der Waals surface area contributed by atoms with Crippen LogP contribution in [0.5, 0.6) is 11.5 Å². The molecule has 0 saturated heterocycles. The smallest absolute Gasteiger partial charge is 0.341 e. The first-order chi connectivity index (χ1) is 13.4. The van der Waals surface area contributed by atoms with Gasteiger partial charge in [-0.3, -0.25) is 4.79 Å². The number of carboxylic acids is 1. The van der Waals surface area contributed by atoms with Gasteiger partial charge in [-0.2, -0.15) is 0 Å². The zero-order chi connectivity index (χ0) is 19.8. The Kier molecular flexibility index (Phi) is 4.27. The Balaban J connectivity index is 1.91. The number of aromatic nitrogens is 1. The first-order valence-corrected chi connectivity index (χ1v) is 8.62. The maximum absolute atomic E-state index is 12.4. The normalized spacial score (nSPS) is 12.1. The van der Waals surface area contributed by atoms with Crippen LogP contribution in [0.3, 0.4) is 0 Å². The maximum atomic E-state index is 12.4. The van der Waals surface area contributed by atoms with Gasteiger partial charge in [0.1, 0.15) is 5.56 Å². The second kappa shape index (κ2) is 6.77. The van der Waals surface area contributed by atoms with E-state index in [4.69, 9.17) is 9.47 Å². The van der Waals surface area contributed by atoms with Gasteiger partial charge in [0, 0.05) is 43.8 Å². The predicted octanol–water partition coefficient (Wildman–Crippen LogP) is 3.00. The summed E-state index contributed by atoms with van der Waals surface area (Å²) >= 11 is 0. The summed E-state index contributed by atoms with van der Waals surface area (Å²) in [6.45, 7) is 0.141. The number of hydrogen-bond donors (Lipinski definition) is 1. The standard InChI is InChI=1S/C21H18N2O5/c1-22(2)14-5-3-13(4-6-14)17-10-18(24)16(21(25)26)11-23(17)15-7-8-19-20(9-15)28-12-27-19/h3-11H,12H2,1-2H3,(H,25,26). The van der Waals surface area contributed by atoms with Gasteiger partial charge in [-0.05, 0) is 29.8 Å². The van der Waals surface area contributed by atoms with Crippen LogP contribution >= 0.6 is 0 Å². The van der Waals surface area contributed by atoms with Crippen LogP contribution in [0.1, 0.15) is 10.4 Å².